The topological polar surface area (TPSA) is 80.3 Å². The van der Waals surface area contributed by atoms with Crippen molar-refractivity contribution in [3.8, 4) is 0 Å². The van der Waals surface area contributed by atoms with E-state index in [1.807, 2.05) is 27.8 Å². The average Bonchev–Trinajstić information content (AvgIpc) is 3.48. The third kappa shape index (κ3) is 4.59. The number of hydrogen-bond donors (Lipinski definition) is 0. The predicted molar refractivity (Wildman–Crippen MR) is 112 cm³/mol. The second-order valence-corrected chi connectivity index (χ2v) is 7.64. The zero-order valence-corrected chi connectivity index (χ0v) is 17.4. The number of carbonyl (C=O) groups is 1. The van der Waals surface area contributed by atoms with Crippen LogP contribution in [0.2, 0.25) is 0 Å². The number of unbranched alkanes of at least 4 members (excludes halogenated alkanes) is 1. The molecular formula is C22H28N6O2. The van der Waals surface area contributed by atoms with Crippen LogP contribution in [0.3, 0.4) is 0 Å². The van der Waals surface area contributed by atoms with Crippen LogP contribution in [-0.4, -0.2) is 62.1 Å². The largest absolute Gasteiger partial charge is 0.459 e. The van der Waals surface area contributed by atoms with Crippen LogP contribution in [-0.2, 0) is 6.54 Å². The number of tetrazole rings is 1. The number of aromatic nitrogens is 4. The molecule has 1 aliphatic heterocycles. The molecule has 0 N–H and O–H groups in total. The van der Waals surface area contributed by atoms with E-state index in [0.29, 0.717) is 25.4 Å². The molecular weight excluding hydrogens is 380 g/mol. The zero-order chi connectivity index (χ0) is 20.8. The molecule has 30 heavy (non-hydrogen) atoms. The molecule has 1 aliphatic rings. The van der Waals surface area contributed by atoms with Crippen molar-refractivity contribution in [2.75, 3.05) is 26.2 Å². The van der Waals surface area contributed by atoms with Crippen molar-refractivity contribution in [3.63, 3.8) is 0 Å². The Morgan fingerprint density at radius 1 is 1.10 bits per heavy atom. The van der Waals surface area contributed by atoms with Crippen molar-refractivity contribution >= 4 is 5.91 Å². The molecule has 1 amide bonds. The first kappa shape index (κ1) is 20.3. The first-order valence-corrected chi connectivity index (χ1v) is 10.6. The SMILES string of the molecule is CCCC[C@H](c1nnnn1Cc1ccccc1)N1CCN(C(=O)c2ccco2)CC1. The Balaban J connectivity index is 1.46. The summed E-state index contributed by atoms with van der Waals surface area (Å²) < 4.78 is 7.19. The van der Waals surface area contributed by atoms with Crippen LogP contribution >= 0.6 is 0 Å². The molecule has 8 nitrogen and oxygen atoms in total. The van der Waals surface area contributed by atoms with Gasteiger partial charge >= 0.3 is 0 Å². The van der Waals surface area contributed by atoms with Crippen LogP contribution in [0.25, 0.3) is 0 Å². The van der Waals surface area contributed by atoms with E-state index in [4.69, 9.17) is 4.42 Å². The molecule has 0 unspecified atom stereocenters. The number of hydrogen-bond acceptors (Lipinski definition) is 6. The molecule has 1 aromatic carbocycles. The average molecular weight is 409 g/mol. The zero-order valence-electron chi connectivity index (χ0n) is 17.4. The van der Waals surface area contributed by atoms with E-state index < -0.39 is 0 Å². The lowest BCUT2D eigenvalue weighted by Crippen LogP contribution is -2.50. The van der Waals surface area contributed by atoms with Gasteiger partial charge in [0.15, 0.2) is 11.6 Å². The fourth-order valence-corrected chi connectivity index (χ4v) is 3.98. The van der Waals surface area contributed by atoms with Crippen LogP contribution in [0, 0.1) is 0 Å². The van der Waals surface area contributed by atoms with Crippen LogP contribution < -0.4 is 0 Å². The standard InChI is InChI=1S/C22H28N6O2/c1-2-3-10-19(21-23-24-25-28(21)17-18-8-5-4-6-9-18)26-12-14-27(15-13-26)22(29)20-11-7-16-30-20/h4-9,11,16,19H,2-3,10,12-15,17H2,1H3/t19-/m1/s1. The first-order chi connectivity index (χ1) is 14.8. The number of rotatable bonds is 8. The summed E-state index contributed by atoms with van der Waals surface area (Å²) in [4.78, 5) is 16.8. The minimum Gasteiger partial charge on any atom is -0.459 e. The molecule has 0 spiro atoms. The van der Waals surface area contributed by atoms with E-state index in [1.54, 1.807) is 12.1 Å². The number of nitrogens with zero attached hydrogens (tertiary/aromatic N) is 6. The van der Waals surface area contributed by atoms with E-state index in [-0.39, 0.29) is 11.9 Å². The highest BCUT2D eigenvalue weighted by molar-refractivity contribution is 5.91. The molecule has 3 heterocycles. The molecule has 4 rings (SSSR count). The Morgan fingerprint density at radius 3 is 2.60 bits per heavy atom. The van der Waals surface area contributed by atoms with E-state index >= 15 is 0 Å². The summed E-state index contributed by atoms with van der Waals surface area (Å²) in [5.41, 5.74) is 1.18. The van der Waals surface area contributed by atoms with E-state index in [9.17, 15) is 4.79 Å². The Morgan fingerprint density at radius 2 is 1.90 bits per heavy atom. The summed E-state index contributed by atoms with van der Waals surface area (Å²) in [6.07, 6.45) is 4.76. The minimum absolute atomic E-state index is 0.0429. The fourth-order valence-electron chi connectivity index (χ4n) is 3.98. The van der Waals surface area contributed by atoms with E-state index in [2.05, 4.69) is 39.5 Å². The molecule has 8 heteroatoms. The van der Waals surface area contributed by atoms with Crippen molar-refractivity contribution in [1.29, 1.82) is 0 Å². The summed E-state index contributed by atoms with van der Waals surface area (Å²) >= 11 is 0. The normalized spacial score (nSPS) is 16.0. The maximum atomic E-state index is 12.6. The second kappa shape index (κ2) is 9.67. The molecule has 1 saturated heterocycles. The molecule has 0 bridgehead atoms. The van der Waals surface area contributed by atoms with Crippen molar-refractivity contribution in [2.45, 2.75) is 38.8 Å². The van der Waals surface area contributed by atoms with Gasteiger partial charge in [-0.2, -0.15) is 0 Å². The molecule has 2 aromatic heterocycles. The lowest BCUT2D eigenvalue weighted by atomic mass is 10.1. The molecule has 0 saturated carbocycles. The maximum absolute atomic E-state index is 12.6. The molecule has 1 fully saturated rings. The lowest BCUT2D eigenvalue weighted by molar-refractivity contribution is 0.0513. The van der Waals surface area contributed by atoms with Gasteiger partial charge in [0.05, 0.1) is 18.8 Å². The quantitative estimate of drug-likeness (QED) is 0.570. The fraction of sp³-hybridized carbons (Fsp3) is 0.455. The second-order valence-electron chi connectivity index (χ2n) is 7.64. The minimum atomic E-state index is -0.0429. The maximum Gasteiger partial charge on any atom is 0.289 e. The number of piperazine rings is 1. The third-order valence-electron chi connectivity index (χ3n) is 5.64. The van der Waals surface area contributed by atoms with Gasteiger partial charge in [0, 0.05) is 26.2 Å². The van der Waals surface area contributed by atoms with Crippen LogP contribution in [0.1, 0.15) is 54.2 Å². The summed E-state index contributed by atoms with van der Waals surface area (Å²) in [7, 11) is 0. The van der Waals surface area contributed by atoms with Gasteiger partial charge in [-0.15, -0.1) is 5.10 Å². The van der Waals surface area contributed by atoms with Crippen LogP contribution in [0.4, 0.5) is 0 Å². The van der Waals surface area contributed by atoms with Crippen molar-refractivity contribution in [2.24, 2.45) is 0 Å². The molecule has 0 radical (unpaired) electrons. The molecule has 0 aliphatic carbocycles. The summed E-state index contributed by atoms with van der Waals surface area (Å²) in [5.74, 6) is 1.26. The van der Waals surface area contributed by atoms with Gasteiger partial charge in [-0.25, -0.2) is 4.68 Å². The number of furan rings is 1. The van der Waals surface area contributed by atoms with E-state index in [0.717, 1.165) is 38.2 Å². The van der Waals surface area contributed by atoms with Crippen molar-refractivity contribution in [3.05, 3.63) is 65.9 Å². The van der Waals surface area contributed by atoms with Crippen molar-refractivity contribution in [1.82, 2.24) is 30.0 Å². The highest BCUT2D eigenvalue weighted by Crippen LogP contribution is 2.26. The third-order valence-corrected chi connectivity index (χ3v) is 5.64. The van der Waals surface area contributed by atoms with Gasteiger partial charge in [0.25, 0.3) is 5.91 Å². The van der Waals surface area contributed by atoms with Crippen LogP contribution in [0.5, 0.6) is 0 Å². The van der Waals surface area contributed by atoms with Gasteiger partial charge in [-0.3, -0.25) is 9.69 Å². The summed E-state index contributed by atoms with van der Waals surface area (Å²) in [6, 6.07) is 13.9. The van der Waals surface area contributed by atoms with Crippen LogP contribution in [0.15, 0.2) is 53.1 Å². The first-order valence-electron chi connectivity index (χ1n) is 10.6. The predicted octanol–water partition coefficient (Wildman–Crippen LogP) is 3.00. The smallest absolute Gasteiger partial charge is 0.289 e. The Kier molecular flexibility index (Phi) is 6.53. The van der Waals surface area contributed by atoms with E-state index in [1.165, 1.54) is 11.8 Å². The highest BCUT2D eigenvalue weighted by atomic mass is 16.3. The van der Waals surface area contributed by atoms with Gasteiger partial charge in [-0.1, -0.05) is 50.1 Å². The summed E-state index contributed by atoms with van der Waals surface area (Å²) in [6.45, 7) is 5.77. The molecule has 158 valence electrons. The van der Waals surface area contributed by atoms with Gasteiger partial charge < -0.3 is 9.32 Å². The monoisotopic (exact) mass is 408 g/mol. The Hall–Kier alpha value is -3.00. The number of carbonyl (C=O) groups excluding carboxylic acids is 1. The molecule has 1 atom stereocenters. The van der Waals surface area contributed by atoms with Gasteiger partial charge in [-0.05, 0) is 34.5 Å². The number of benzene rings is 1. The lowest BCUT2D eigenvalue weighted by Gasteiger charge is -2.38. The Bertz CT molecular complexity index is 916. The van der Waals surface area contributed by atoms with Gasteiger partial charge in [0.1, 0.15) is 0 Å². The van der Waals surface area contributed by atoms with Crippen molar-refractivity contribution < 1.29 is 9.21 Å². The Labute approximate surface area is 176 Å². The highest BCUT2D eigenvalue weighted by Gasteiger charge is 2.31. The van der Waals surface area contributed by atoms with Gasteiger partial charge in [0.2, 0.25) is 0 Å². The molecule has 3 aromatic rings. The number of amides is 1. The summed E-state index contributed by atoms with van der Waals surface area (Å²) in [5, 5.41) is 12.6.